The average molecular weight is 242 g/mol. The second kappa shape index (κ2) is 3.79. The first-order chi connectivity index (χ1) is 7.06. The van der Waals surface area contributed by atoms with E-state index in [9.17, 15) is 4.79 Å². The van der Waals surface area contributed by atoms with Gasteiger partial charge in [-0.25, -0.2) is 4.98 Å². The van der Waals surface area contributed by atoms with Crippen LogP contribution in [-0.4, -0.2) is 11.0 Å². The number of nitrogens with zero attached hydrogens (tertiary/aromatic N) is 1. The first kappa shape index (κ1) is 10.4. The van der Waals surface area contributed by atoms with Crippen molar-refractivity contribution in [3.8, 4) is 5.75 Å². The summed E-state index contributed by atoms with van der Waals surface area (Å²) in [5.41, 5.74) is 1.81. The van der Waals surface area contributed by atoms with Crippen LogP contribution in [0.1, 0.15) is 12.5 Å². The summed E-state index contributed by atoms with van der Waals surface area (Å²) in [7, 11) is 0. The fraction of sp³-hybridized carbons (Fsp3) is 0.200. The molecule has 0 aliphatic rings. The maximum atomic E-state index is 10.8. The lowest BCUT2D eigenvalue weighted by Crippen LogP contribution is -2.01. The molecule has 1 aromatic heterocycles. The van der Waals surface area contributed by atoms with Crippen molar-refractivity contribution in [3.63, 3.8) is 0 Å². The zero-order valence-electron chi connectivity index (χ0n) is 8.20. The van der Waals surface area contributed by atoms with E-state index in [1.54, 1.807) is 12.1 Å². The van der Waals surface area contributed by atoms with E-state index in [1.807, 2.05) is 6.92 Å². The fourth-order valence-corrected chi connectivity index (χ4v) is 2.49. The van der Waals surface area contributed by atoms with Gasteiger partial charge in [-0.2, -0.15) is 0 Å². The van der Waals surface area contributed by atoms with Crippen molar-refractivity contribution >= 4 is 39.1 Å². The summed E-state index contributed by atoms with van der Waals surface area (Å²) in [5.74, 6) is 0.206. The molecule has 3 nitrogen and oxygen atoms in total. The highest BCUT2D eigenvalue weighted by Gasteiger charge is 2.08. The summed E-state index contributed by atoms with van der Waals surface area (Å²) in [6, 6.07) is 3.55. The molecule has 0 saturated heterocycles. The number of esters is 1. The normalized spacial score (nSPS) is 10.6. The van der Waals surface area contributed by atoms with Gasteiger partial charge in [0.1, 0.15) is 5.75 Å². The average Bonchev–Trinajstić information content (AvgIpc) is 2.44. The molecule has 5 heteroatoms. The van der Waals surface area contributed by atoms with E-state index in [2.05, 4.69) is 4.98 Å². The smallest absolute Gasteiger partial charge is 0.308 e. The van der Waals surface area contributed by atoms with Crippen LogP contribution in [0.25, 0.3) is 10.2 Å². The molecule has 0 bridgehead atoms. The molecule has 1 heterocycles. The maximum absolute atomic E-state index is 10.8. The first-order valence-corrected chi connectivity index (χ1v) is 5.51. The number of ether oxygens (including phenoxy) is 1. The molecular formula is C10H8ClNO2S. The summed E-state index contributed by atoms with van der Waals surface area (Å²) < 4.78 is 6.43. The number of hydrogen-bond acceptors (Lipinski definition) is 4. The van der Waals surface area contributed by atoms with Crippen LogP contribution < -0.4 is 4.74 Å². The Morgan fingerprint density at radius 3 is 2.93 bits per heavy atom. The molecule has 2 rings (SSSR count). The number of rotatable bonds is 1. The van der Waals surface area contributed by atoms with Crippen LogP contribution in [0.2, 0.25) is 4.47 Å². The molecule has 0 aliphatic carbocycles. The number of carbonyl (C=O) groups excluding carboxylic acids is 1. The van der Waals surface area contributed by atoms with E-state index in [-0.39, 0.29) is 5.97 Å². The first-order valence-electron chi connectivity index (χ1n) is 4.31. The summed E-state index contributed by atoms with van der Waals surface area (Å²) >= 11 is 7.18. The van der Waals surface area contributed by atoms with E-state index in [0.29, 0.717) is 10.2 Å². The minimum Gasteiger partial charge on any atom is -0.427 e. The second-order valence-corrected chi connectivity index (χ2v) is 4.76. The van der Waals surface area contributed by atoms with Crippen LogP contribution >= 0.6 is 22.9 Å². The van der Waals surface area contributed by atoms with E-state index in [1.165, 1.54) is 18.3 Å². The molecule has 0 spiro atoms. The van der Waals surface area contributed by atoms with Gasteiger partial charge in [0.25, 0.3) is 0 Å². The third-order valence-electron chi connectivity index (χ3n) is 1.89. The Balaban J connectivity index is 2.56. The summed E-state index contributed by atoms with van der Waals surface area (Å²) in [6.07, 6.45) is 0. The number of aromatic nitrogens is 1. The van der Waals surface area contributed by atoms with Gasteiger partial charge in [-0.05, 0) is 18.6 Å². The van der Waals surface area contributed by atoms with Crippen molar-refractivity contribution in [1.82, 2.24) is 4.98 Å². The lowest BCUT2D eigenvalue weighted by atomic mass is 10.2. The molecule has 0 fully saturated rings. The molecule has 0 radical (unpaired) electrons. The van der Waals surface area contributed by atoms with Gasteiger partial charge in [0.15, 0.2) is 4.47 Å². The van der Waals surface area contributed by atoms with Crippen molar-refractivity contribution < 1.29 is 9.53 Å². The third kappa shape index (κ3) is 2.11. The highest BCUT2D eigenvalue weighted by Crippen LogP contribution is 2.31. The number of thiazole rings is 1. The molecule has 0 atom stereocenters. The van der Waals surface area contributed by atoms with Crippen molar-refractivity contribution in [3.05, 3.63) is 22.2 Å². The van der Waals surface area contributed by atoms with Crippen LogP contribution in [-0.2, 0) is 4.79 Å². The van der Waals surface area contributed by atoms with E-state index < -0.39 is 0 Å². The zero-order chi connectivity index (χ0) is 11.0. The Kier molecular flexibility index (Phi) is 2.63. The van der Waals surface area contributed by atoms with Crippen LogP contribution in [0, 0.1) is 6.92 Å². The SMILES string of the molecule is CC(=O)Oc1cc(C)c2nc(Cl)sc2c1. The van der Waals surface area contributed by atoms with Gasteiger partial charge in [0, 0.05) is 13.0 Å². The van der Waals surface area contributed by atoms with Gasteiger partial charge in [-0.15, -0.1) is 11.3 Å². The highest BCUT2D eigenvalue weighted by molar-refractivity contribution is 7.22. The Labute approximate surface area is 95.6 Å². The number of hydrogen-bond donors (Lipinski definition) is 0. The number of aryl methyl sites for hydroxylation is 1. The summed E-state index contributed by atoms with van der Waals surface area (Å²) in [5, 5.41) is 0. The fourth-order valence-electron chi connectivity index (χ4n) is 1.36. The van der Waals surface area contributed by atoms with Gasteiger partial charge in [0.2, 0.25) is 0 Å². The minimum atomic E-state index is -0.329. The van der Waals surface area contributed by atoms with Gasteiger partial charge in [0.05, 0.1) is 10.2 Å². The van der Waals surface area contributed by atoms with Crippen LogP contribution in [0.15, 0.2) is 12.1 Å². The maximum Gasteiger partial charge on any atom is 0.308 e. The summed E-state index contributed by atoms with van der Waals surface area (Å²) in [4.78, 5) is 15.0. The Morgan fingerprint density at radius 1 is 1.53 bits per heavy atom. The van der Waals surface area contributed by atoms with Crippen molar-refractivity contribution in [2.24, 2.45) is 0 Å². The molecule has 0 aliphatic heterocycles. The highest BCUT2D eigenvalue weighted by atomic mass is 35.5. The standard InChI is InChI=1S/C10H8ClNO2S/c1-5-3-7(14-6(2)13)4-8-9(5)12-10(11)15-8/h3-4H,1-2H3. The largest absolute Gasteiger partial charge is 0.427 e. The monoisotopic (exact) mass is 241 g/mol. The second-order valence-electron chi connectivity index (χ2n) is 3.15. The number of carbonyl (C=O) groups is 1. The van der Waals surface area contributed by atoms with E-state index >= 15 is 0 Å². The topological polar surface area (TPSA) is 39.2 Å². The van der Waals surface area contributed by atoms with E-state index in [4.69, 9.17) is 16.3 Å². The molecular weight excluding hydrogens is 234 g/mol. The third-order valence-corrected chi connectivity index (χ3v) is 3.00. The van der Waals surface area contributed by atoms with Crippen LogP contribution in [0.3, 0.4) is 0 Å². The van der Waals surface area contributed by atoms with E-state index in [0.717, 1.165) is 15.8 Å². The quantitative estimate of drug-likeness (QED) is 0.569. The predicted octanol–water partition coefficient (Wildman–Crippen LogP) is 3.18. The van der Waals surface area contributed by atoms with Gasteiger partial charge < -0.3 is 4.74 Å². The number of benzene rings is 1. The molecule has 0 unspecified atom stereocenters. The summed E-state index contributed by atoms with van der Waals surface area (Å²) in [6.45, 7) is 3.28. The van der Waals surface area contributed by atoms with Crippen molar-refractivity contribution in [1.29, 1.82) is 0 Å². The Bertz CT molecular complexity index is 535. The van der Waals surface area contributed by atoms with Gasteiger partial charge in [-0.1, -0.05) is 11.6 Å². The van der Waals surface area contributed by atoms with Crippen molar-refractivity contribution in [2.75, 3.05) is 0 Å². The van der Waals surface area contributed by atoms with Crippen LogP contribution in [0.5, 0.6) is 5.75 Å². The molecule has 0 amide bonds. The molecule has 0 N–H and O–H groups in total. The zero-order valence-corrected chi connectivity index (χ0v) is 9.78. The Morgan fingerprint density at radius 2 is 2.27 bits per heavy atom. The number of halogens is 1. The van der Waals surface area contributed by atoms with Crippen LogP contribution in [0.4, 0.5) is 0 Å². The number of fused-ring (bicyclic) bond motifs is 1. The lowest BCUT2D eigenvalue weighted by Gasteiger charge is -2.02. The molecule has 78 valence electrons. The molecule has 2 aromatic rings. The lowest BCUT2D eigenvalue weighted by molar-refractivity contribution is -0.131. The molecule has 0 saturated carbocycles. The molecule has 15 heavy (non-hydrogen) atoms. The minimum absolute atomic E-state index is 0.329. The van der Waals surface area contributed by atoms with Gasteiger partial charge in [-0.3, -0.25) is 4.79 Å². The van der Waals surface area contributed by atoms with Gasteiger partial charge >= 0.3 is 5.97 Å². The van der Waals surface area contributed by atoms with Crippen molar-refractivity contribution in [2.45, 2.75) is 13.8 Å². The molecule has 1 aromatic carbocycles. The Hall–Kier alpha value is -1.13. The predicted molar refractivity (Wildman–Crippen MR) is 60.7 cm³/mol.